The van der Waals surface area contributed by atoms with E-state index in [0.29, 0.717) is 62.4 Å². The Hall–Kier alpha value is -3.77. The van der Waals surface area contributed by atoms with Crippen LogP contribution in [0.4, 0.5) is 5.13 Å². The lowest BCUT2D eigenvalue weighted by Gasteiger charge is -2.23. The second kappa shape index (κ2) is 14.1. The number of aliphatic hydroxyl groups is 1. The average molecular weight is 713 g/mol. The van der Waals surface area contributed by atoms with Gasteiger partial charge in [0.25, 0.3) is 5.78 Å². The number of benzene rings is 3. The van der Waals surface area contributed by atoms with Crippen molar-refractivity contribution in [2.75, 3.05) is 18.1 Å². The third-order valence-electron chi connectivity index (χ3n) is 7.63. The number of rotatable bonds is 11. The molecular formula is C34H31Cl2N3O6S2. The summed E-state index contributed by atoms with van der Waals surface area (Å²) in [5.74, 6) is 0.267. The molecule has 0 bridgehead atoms. The van der Waals surface area contributed by atoms with Gasteiger partial charge in [-0.3, -0.25) is 14.5 Å². The maximum atomic E-state index is 13.8. The Labute approximate surface area is 290 Å². The molecule has 244 valence electrons. The number of hydrogen-bond acceptors (Lipinski definition) is 10. The van der Waals surface area contributed by atoms with Gasteiger partial charge >= 0.3 is 5.91 Å². The SMILES string of the molecule is CCCOc1ccc([C@H]2/C(=C(\O)c3ccc4c(c3)C[C@H](C)O4)C(=O)C(=O)N2c2nnc(SCc3ccc(Cl)cc3Cl)s2)cc1OCC. The molecule has 0 aliphatic carbocycles. The number of fused-ring (bicyclic) bond motifs is 1. The van der Waals surface area contributed by atoms with Crippen LogP contribution in [0.1, 0.15) is 55.5 Å². The van der Waals surface area contributed by atoms with Gasteiger partial charge < -0.3 is 19.3 Å². The van der Waals surface area contributed by atoms with Gasteiger partial charge in [0.15, 0.2) is 15.8 Å². The third kappa shape index (κ3) is 6.80. The standard InChI is InChI=1S/C34H31Cl2N3O6S2/c1-4-12-44-26-11-7-19(15-27(26)43-5-2)29-28(30(40)20-8-10-25-22(14-20)13-18(3)45-25)31(41)32(42)39(29)33-37-38-34(47-33)46-17-21-6-9-23(35)16-24(21)36/h6-11,14-16,18,29,40H,4-5,12-13,17H2,1-3H3/b30-28+/t18-,29-/m0/s1. The van der Waals surface area contributed by atoms with Crippen LogP contribution in [-0.4, -0.2) is 46.3 Å². The highest BCUT2D eigenvalue weighted by Crippen LogP contribution is 2.46. The summed E-state index contributed by atoms with van der Waals surface area (Å²) < 4.78 is 18.2. The molecule has 1 aromatic heterocycles. The molecule has 47 heavy (non-hydrogen) atoms. The largest absolute Gasteiger partial charge is 0.507 e. The maximum absolute atomic E-state index is 13.8. The summed E-state index contributed by atoms with van der Waals surface area (Å²) in [7, 11) is 0. The van der Waals surface area contributed by atoms with E-state index in [1.165, 1.54) is 28.0 Å². The fourth-order valence-electron chi connectivity index (χ4n) is 5.50. The van der Waals surface area contributed by atoms with Crippen LogP contribution >= 0.6 is 46.3 Å². The smallest absolute Gasteiger partial charge is 0.301 e. The lowest BCUT2D eigenvalue weighted by Crippen LogP contribution is -2.29. The lowest BCUT2D eigenvalue weighted by atomic mass is 9.94. The van der Waals surface area contributed by atoms with Crippen molar-refractivity contribution >= 4 is 68.9 Å². The van der Waals surface area contributed by atoms with Gasteiger partial charge in [-0.2, -0.15) is 0 Å². The van der Waals surface area contributed by atoms with Crippen molar-refractivity contribution in [3.63, 3.8) is 0 Å². The van der Waals surface area contributed by atoms with Crippen molar-refractivity contribution in [2.45, 2.75) is 55.9 Å². The monoisotopic (exact) mass is 711 g/mol. The van der Waals surface area contributed by atoms with E-state index in [1.54, 1.807) is 48.5 Å². The van der Waals surface area contributed by atoms with Gasteiger partial charge in [0.2, 0.25) is 5.13 Å². The molecule has 1 N–H and O–H groups in total. The van der Waals surface area contributed by atoms with Crippen LogP contribution in [-0.2, 0) is 21.8 Å². The van der Waals surface area contributed by atoms with Crippen LogP contribution in [0.2, 0.25) is 10.0 Å². The van der Waals surface area contributed by atoms with E-state index in [4.69, 9.17) is 37.4 Å². The molecular weight excluding hydrogens is 681 g/mol. The van der Waals surface area contributed by atoms with Crippen molar-refractivity contribution < 1.29 is 28.9 Å². The van der Waals surface area contributed by atoms with Crippen LogP contribution in [0.3, 0.4) is 0 Å². The minimum atomic E-state index is -1.02. The number of anilines is 1. The molecule has 2 atom stereocenters. The number of amides is 1. The predicted octanol–water partition coefficient (Wildman–Crippen LogP) is 8.27. The van der Waals surface area contributed by atoms with Crippen LogP contribution in [0.25, 0.3) is 5.76 Å². The van der Waals surface area contributed by atoms with E-state index >= 15 is 0 Å². The van der Waals surface area contributed by atoms with Crippen LogP contribution in [0, 0.1) is 0 Å². The zero-order valence-corrected chi connectivity index (χ0v) is 28.9. The molecule has 2 aliphatic rings. The molecule has 1 fully saturated rings. The number of hydrogen-bond donors (Lipinski definition) is 1. The molecule has 3 aromatic carbocycles. The Morgan fingerprint density at radius 2 is 1.89 bits per heavy atom. The Kier molecular flexibility index (Phi) is 9.98. The first-order valence-corrected chi connectivity index (χ1v) is 17.6. The minimum absolute atomic E-state index is 0.00131. The number of carbonyl (C=O) groups excluding carboxylic acids is 2. The van der Waals surface area contributed by atoms with Gasteiger partial charge in [0.05, 0.1) is 24.8 Å². The molecule has 6 rings (SSSR count). The van der Waals surface area contributed by atoms with Gasteiger partial charge in [-0.25, -0.2) is 0 Å². The van der Waals surface area contributed by atoms with Gasteiger partial charge in [-0.05, 0) is 79.4 Å². The third-order valence-corrected chi connectivity index (χ3v) is 10.3. The number of thioether (sulfide) groups is 1. The number of aromatic nitrogens is 2. The Bertz CT molecular complexity index is 1880. The molecule has 9 nitrogen and oxygen atoms in total. The van der Waals surface area contributed by atoms with Crippen molar-refractivity contribution in [3.8, 4) is 17.2 Å². The van der Waals surface area contributed by atoms with E-state index in [0.717, 1.165) is 23.3 Å². The Balaban J connectivity index is 1.42. The number of carbonyl (C=O) groups is 2. The van der Waals surface area contributed by atoms with E-state index in [2.05, 4.69) is 10.2 Å². The highest BCUT2D eigenvalue weighted by Gasteiger charge is 2.48. The average Bonchev–Trinajstić information content (AvgIpc) is 3.74. The topological polar surface area (TPSA) is 111 Å². The van der Waals surface area contributed by atoms with Gasteiger partial charge in [0.1, 0.15) is 17.6 Å². The number of ketones is 1. The van der Waals surface area contributed by atoms with E-state index in [9.17, 15) is 14.7 Å². The summed E-state index contributed by atoms with van der Waals surface area (Å²) in [6.07, 6.45) is 1.47. The molecule has 2 aliphatic heterocycles. The molecule has 0 unspecified atom stereocenters. The number of aliphatic hydroxyl groups excluding tert-OH is 1. The highest BCUT2D eigenvalue weighted by atomic mass is 35.5. The summed E-state index contributed by atoms with van der Waals surface area (Å²) >= 11 is 15.0. The fraction of sp³-hybridized carbons (Fsp3) is 0.294. The van der Waals surface area contributed by atoms with Gasteiger partial charge in [-0.1, -0.05) is 65.4 Å². The zero-order valence-electron chi connectivity index (χ0n) is 25.8. The molecule has 0 spiro atoms. The fourth-order valence-corrected chi connectivity index (χ4v) is 7.93. The molecule has 13 heteroatoms. The van der Waals surface area contributed by atoms with Crippen LogP contribution in [0.15, 0.2) is 64.5 Å². The van der Waals surface area contributed by atoms with Crippen LogP contribution in [0.5, 0.6) is 17.2 Å². The van der Waals surface area contributed by atoms with E-state index in [1.807, 2.05) is 26.8 Å². The summed E-state index contributed by atoms with van der Waals surface area (Å²) in [6, 6.07) is 14.8. The zero-order chi connectivity index (χ0) is 33.2. The highest BCUT2D eigenvalue weighted by molar-refractivity contribution is 8.00. The minimum Gasteiger partial charge on any atom is -0.507 e. The van der Waals surface area contributed by atoms with E-state index in [-0.39, 0.29) is 22.6 Å². The Morgan fingerprint density at radius 3 is 2.66 bits per heavy atom. The first-order valence-electron chi connectivity index (χ1n) is 15.1. The summed E-state index contributed by atoms with van der Waals surface area (Å²) in [4.78, 5) is 28.9. The first-order chi connectivity index (χ1) is 22.7. The molecule has 0 radical (unpaired) electrons. The number of halogens is 2. The van der Waals surface area contributed by atoms with Crippen molar-refractivity contribution in [3.05, 3.63) is 92.5 Å². The quantitative estimate of drug-likeness (QED) is 0.0540. The summed E-state index contributed by atoms with van der Waals surface area (Å²) in [5, 5.41) is 21.6. The normalized spacial score (nSPS) is 18.4. The van der Waals surface area contributed by atoms with Gasteiger partial charge in [0, 0.05) is 27.8 Å². The summed E-state index contributed by atoms with van der Waals surface area (Å²) in [6.45, 7) is 6.69. The first kappa shape index (κ1) is 33.1. The molecule has 1 amide bonds. The van der Waals surface area contributed by atoms with Crippen molar-refractivity contribution in [2.24, 2.45) is 0 Å². The maximum Gasteiger partial charge on any atom is 0.301 e. The Morgan fingerprint density at radius 1 is 1.06 bits per heavy atom. The van der Waals surface area contributed by atoms with Crippen molar-refractivity contribution in [1.29, 1.82) is 0 Å². The number of Topliss-reactive ketones (excluding diaryl/α,β-unsaturated/α-hetero) is 1. The van der Waals surface area contributed by atoms with E-state index < -0.39 is 17.7 Å². The molecule has 1 saturated heterocycles. The second-order valence-electron chi connectivity index (χ2n) is 11.0. The van der Waals surface area contributed by atoms with Gasteiger partial charge in [-0.15, -0.1) is 10.2 Å². The summed E-state index contributed by atoms with van der Waals surface area (Å²) in [5.41, 5.74) is 2.65. The molecule has 4 aromatic rings. The van der Waals surface area contributed by atoms with Crippen LogP contribution < -0.4 is 19.1 Å². The lowest BCUT2D eigenvalue weighted by molar-refractivity contribution is -0.132. The number of nitrogens with zero attached hydrogens (tertiary/aromatic N) is 3. The predicted molar refractivity (Wildman–Crippen MR) is 184 cm³/mol. The van der Waals surface area contributed by atoms with Crippen molar-refractivity contribution in [1.82, 2.24) is 10.2 Å². The number of ether oxygens (including phenoxy) is 3. The molecule has 0 saturated carbocycles. The molecule has 3 heterocycles. The second-order valence-corrected chi connectivity index (χ2v) is 14.0.